The highest BCUT2D eigenvalue weighted by atomic mass is 32.2. The minimum Gasteiger partial charge on any atom is -0.236 e. The van der Waals surface area contributed by atoms with Crippen LogP contribution in [0.2, 0.25) is 0 Å². The van der Waals surface area contributed by atoms with Crippen molar-refractivity contribution in [2.75, 3.05) is 0 Å². The van der Waals surface area contributed by atoms with Gasteiger partial charge in [-0.2, -0.15) is 0 Å². The highest BCUT2D eigenvalue weighted by molar-refractivity contribution is 7.91. The molecular formula is C16H13NO2S. The lowest BCUT2D eigenvalue weighted by Crippen LogP contribution is -2.04. The smallest absolute Gasteiger partial charge is 0.223 e. The van der Waals surface area contributed by atoms with E-state index < -0.39 is 9.84 Å². The van der Waals surface area contributed by atoms with Crippen molar-refractivity contribution in [2.24, 2.45) is 0 Å². The van der Waals surface area contributed by atoms with E-state index in [0.29, 0.717) is 5.52 Å². The van der Waals surface area contributed by atoms with Crippen LogP contribution >= 0.6 is 0 Å². The first-order valence-electron chi connectivity index (χ1n) is 6.25. The van der Waals surface area contributed by atoms with Gasteiger partial charge >= 0.3 is 0 Å². The average molecular weight is 283 g/mol. The fourth-order valence-electron chi connectivity index (χ4n) is 2.10. The molecule has 1 aromatic heterocycles. The molecular weight excluding hydrogens is 270 g/mol. The van der Waals surface area contributed by atoms with Crippen molar-refractivity contribution in [3.63, 3.8) is 0 Å². The molecule has 0 aliphatic carbocycles. The molecule has 0 radical (unpaired) electrons. The first kappa shape index (κ1) is 12.8. The summed E-state index contributed by atoms with van der Waals surface area (Å²) in [4.78, 5) is 4.54. The van der Waals surface area contributed by atoms with Crippen molar-refractivity contribution in [3.05, 3.63) is 66.2 Å². The molecule has 0 atom stereocenters. The first-order valence-corrected chi connectivity index (χ1v) is 7.73. The number of aryl methyl sites for hydroxylation is 1. The lowest BCUT2D eigenvalue weighted by molar-refractivity contribution is 0.593. The molecule has 100 valence electrons. The molecule has 1 heterocycles. The van der Waals surface area contributed by atoms with Crippen LogP contribution in [0.15, 0.2) is 70.6 Å². The predicted octanol–water partition coefficient (Wildman–Crippen LogP) is 3.38. The molecule has 0 aliphatic heterocycles. The molecule has 0 aliphatic rings. The van der Waals surface area contributed by atoms with E-state index in [4.69, 9.17) is 0 Å². The predicted molar refractivity (Wildman–Crippen MR) is 78.4 cm³/mol. The molecule has 2 aromatic carbocycles. The molecule has 0 saturated carbocycles. The lowest BCUT2D eigenvalue weighted by Gasteiger charge is -2.06. The molecule has 0 unspecified atom stereocenters. The maximum atomic E-state index is 12.6. The second-order valence-corrected chi connectivity index (χ2v) is 6.56. The zero-order valence-corrected chi connectivity index (χ0v) is 11.8. The maximum Gasteiger partial charge on any atom is 0.223 e. The molecule has 0 amide bonds. The van der Waals surface area contributed by atoms with E-state index in [2.05, 4.69) is 4.98 Å². The number of pyridine rings is 1. The zero-order valence-electron chi connectivity index (χ0n) is 10.9. The Balaban J connectivity index is 2.18. The summed E-state index contributed by atoms with van der Waals surface area (Å²) in [6.45, 7) is 1.87. The van der Waals surface area contributed by atoms with Gasteiger partial charge in [-0.05, 0) is 42.8 Å². The lowest BCUT2D eigenvalue weighted by atomic mass is 10.2. The summed E-state index contributed by atoms with van der Waals surface area (Å²) >= 11 is 0. The van der Waals surface area contributed by atoms with Crippen LogP contribution in [-0.2, 0) is 9.84 Å². The molecule has 0 N–H and O–H groups in total. The van der Waals surface area contributed by atoms with Crippen LogP contribution in [0.1, 0.15) is 5.56 Å². The van der Waals surface area contributed by atoms with Gasteiger partial charge in [-0.3, -0.25) is 0 Å². The Morgan fingerprint density at radius 2 is 1.70 bits per heavy atom. The van der Waals surface area contributed by atoms with Crippen LogP contribution in [0.4, 0.5) is 0 Å². The highest BCUT2D eigenvalue weighted by Gasteiger charge is 2.19. The Kier molecular flexibility index (Phi) is 3.03. The number of aromatic nitrogens is 1. The van der Waals surface area contributed by atoms with Gasteiger partial charge in [-0.15, -0.1) is 0 Å². The molecule has 20 heavy (non-hydrogen) atoms. The van der Waals surface area contributed by atoms with E-state index in [-0.39, 0.29) is 9.92 Å². The third kappa shape index (κ3) is 2.18. The number of para-hydroxylation sites is 1. The Bertz CT molecular complexity index is 886. The standard InChI is InChI=1S/C16H13NO2S/c1-12-5-4-7-14(11-12)20(18,19)16-10-9-13-6-2-3-8-15(13)17-16/h2-11H,1H3. The van der Waals surface area contributed by atoms with Crippen LogP contribution in [0.5, 0.6) is 0 Å². The van der Waals surface area contributed by atoms with Gasteiger partial charge in [0.25, 0.3) is 0 Å². The number of rotatable bonds is 2. The number of hydrogen-bond donors (Lipinski definition) is 0. The van der Waals surface area contributed by atoms with Crippen LogP contribution in [-0.4, -0.2) is 13.4 Å². The summed E-state index contributed by atoms with van der Waals surface area (Å²) in [6.07, 6.45) is 0. The third-order valence-electron chi connectivity index (χ3n) is 3.15. The van der Waals surface area contributed by atoms with E-state index in [9.17, 15) is 8.42 Å². The van der Waals surface area contributed by atoms with Gasteiger partial charge in [0.1, 0.15) is 0 Å². The number of benzene rings is 2. The van der Waals surface area contributed by atoms with E-state index in [1.807, 2.05) is 37.3 Å². The van der Waals surface area contributed by atoms with Crippen molar-refractivity contribution in [1.29, 1.82) is 0 Å². The van der Waals surface area contributed by atoms with Crippen molar-refractivity contribution in [2.45, 2.75) is 16.8 Å². The Morgan fingerprint density at radius 1 is 0.900 bits per heavy atom. The average Bonchev–Trinajstić information content (AvgIpc) is 2.46. The molecule has 0 bridgehead atoms. The molecule has 0 fully saturated rings. The van der Waals surface area contributed by atoms with Crippen LogP contribution in [0.25, 0.3) is 10.9 Å². The Morgan fingerprint density at radius 3 is 2.50 bits per heavy atom. The largest absolute Gasteiger partial charge is 0.236 e. The van der Waals surface area contributed by atoms with Crippen molar-refractivity contribution in [1.82, 2.24) is 4.98 Å². The first-order chi connectivity index (χ1) is 9.57. The minimum absolute atomic E-state index is 0.0850. The monoisotopic (exact) mass is 283 g/mol. The van der Waals surface area contributed by atoms with Gasteiger partial charge in [0.05, 0.1) is 10.4 Å². The summed E-state index contributed by atoms with van der Waals surface area (Å²) in [5, 5.41) is 1.01. The SMILES string of the molecule is Cc1cccc(S(=O)(=O)c2ccc3ccccc3n2)c1. The second-order valence-electron chi connectivity index (χ2n) is 4.66. The second kappa shape index (κ2) is 4.72. The minimum atomic E-state index is -3.56. The Hall–Kier alpha value is -2.20. The molecule has 0 saturated heterocycles. The summed E-state index contributed by atoms with van der Waals surface area (Å²) in [7, 11) is -3.56. The van der Waals surface area contributed by atoms with E-state index in [1.165, 1.54) is 0 Å². The molecule has 3 rings (SSSR count). The quantitative estimate of drug-likeness (QED) is 0.724. The fourth-order valence-corrected chi connectivity index (χ4v) is 3.41. The van der Waals surface area contributed by atoms with Crippen LogP contribution in [0, 0.1) is 6.92 Å². The number of hydrogen-bond acceptors (Lipinski definition) is 3. The number of sulfone groups is 1. The number of fused-ring (bicyclic) bond motifs is 1. The van der Waals surface area contributed by atoms with E-state index in [0.717, 1.165) is 10.9 Å². The summed E-state index contributed by atoms with van der Waals surface area (Å²) < 4.78 is 25.1. The van der Waals surface area contributed by atoms with Crippen molar-refractivity contribution >= 4 is 20.7 Å². The maximum absolute atomic E-state index is 12.6. The molecule has 0 spiro atoms. The third-order valence-corrected chi connectivity index (χ3v) is 4.80. The van der Waals surface area contributed by atoms with Gasteiger partial charge in [0, 0.05) is 5.39 Å². The van der Waals surface area contributed by atoms with E-state index in [1.54, 1.807) is 30.3 Å². The molecule has 3 nitrogen and oxygen atoms in total. The van der Waals surface area contributed by atoms with Crippen molar-refractivity contribution < 1.29 is 8.42 Å². The van der Waals surface area contributed by atoms with Gasteiger partial charge in [0.2, 0.25) is 9.84 Å². The molecule has 4 heteroatoms. The Labute approximate surface area is 117 Å². The van der Waals surface area contributed by atoms with Gasteiger partial charge in [0.15, 0.2) is 5.03 Å². The highest BCUT2D eigenvalue weighted by Crippen LogP contribution is 2.22. The van der Waals surface area contributed by atoms with Crippen molar-refractivity contribution in [3.8, 4) is 0 Å². The van der Waals surface area contributed by atoms with Crippen LogP contribution < -0.4 is 0 Å². The van der Waals surface area contributed by atoms with E-state index >= 15 is 0 Å². The number of nitrogens with zero attached hydrogens (tertiary/aromatic N) is 1. The summed E-state index contributed by atoms with van der Waals surface area (Å²) in [5.74, 6) is 0. The fraction of sp³-hybridized carbons (Fsp3) is 0.0625. The van der Waals surface area contributed by atoms with Gasteiger partial charge in [-0.25, -0.2) is 13.4 Å². The normalized spacial score (nSPS) is 11.7. The van der Waals surface area contributed by atoms with Gasteiger partial charge < -0.3 is 0 Å². The molecule has 3 aromatic rings. The van der Waals surface area contributed by atoms with Gasteiger partial charge in [-0.1, -0.05) is 30.3 Å². The summed E-state index contributed by atoms with van der Waals surface area (Å²) in [5.41, 5.74) is 1.59. The zero-order chi connectivity index (χ0) is 14.2. The summed E-state index contributed by atoms with van der Waals surface area (Å²) in [6, 6.07) is 17.7. The topological polar surface area (TPSA) is 47.0 Å². The van der Waals surface area contributed by atoms with Crippen LogP contribution in [0.3, 0.4) is 0 Å².